The molecule has 0 spiro atoms. The van der Waals surface area contributed by atoms with Crippen LogP contribution in [0.5, 0.6) is 0 Å². The Labute approximate surface area is 183 Å². The van der Waals surface area contributed by atoms with E-state index in [9.17, 15) is 29.6 Å². The van der Waals surface area contributed by atoms with Gasteiger partial charge in [0.15, 0.2) is 0 Å². The number of likely N-dealkylation sites (tertiary alicyclic amines) is 1. The fourth-order valence-electron chi connectivity index (χ4n) is 3.81. The van der Waals surface area contributed by atoms with Crippen LogP contribution in [0.2, 0.25) is 0 Å². The second-order valence-electron chi connectivity index (χ2n) is 7.38. The van der Waals surface area contributed by atoms with Gasteiger partial charge in [-0.15, -0.1) is 0 Å². The molecule has 166 valence electrons. The number of aliphatic carboxylic acids is 1. The van der Waals surface area contributed by atoms with Gasteiger partial charge in [0, 0.05) is 24.6 Å². The third kappa shape index (κ3) is 4.66. The van der Waals surface area contributed by atoms with Gasteiger partial charge in [-0.2, -0.15) is 0 Å². The average molecular weight is 438 g/mol. The van der Waals surface area contributed by atoms with Gasteiger partial charge in [-0.05, 0) is 18.9 Å². The van der Waals surface area contributed by atoms with Gasteiger partial charge >= 0.3 is 5.97 Å². The maximum absolute atomic E-state index is 12.9. The summed E-state index contributed by atoms with van der Waals surface area (Å²) < 4.78 is 0. The van der Waals surface area contributed by atoms with Crippen LogP contribution in [0.3, 0.4) is 0 Å². The Morgan fingerprint density at radius 3 is 2.28 bits per heavy atom. The summed E-state index contributed by atoms with van der Waals surface area (Å²) in [4.78, 5) is 48.7. The SMILES string of the molecule is O=C(O)CCCCCN1C(=O)C(=O)/C(=C(/O)c2ccccc2)[C@@H]1c1ccccc1[N+](=O)[O-]. The molecule has 1 saturated heterocycles. The summed E-state index contributed by atoms with van der Waals surface area (Å²) in [5.41, 5.74) is -0.0365. The van der Waals surface area contributed by atoms with Crippen LogP contribution >= 0.6 is 0 Å². The Morgan fingerprint density at radius 1 is 0.969 bits per heavy atom. The highest BCUT2D eigenvalue weighted by Gasteiger charge is 2.47. The summed E-state index contributed by atoms with van der Waals surface area (Å²) in [5, 5.41) is 31.3. The maximum Gasteiger partial charge on any atom is 0.303 e. The minimum atomic E-state index is -1.13. The number of benzene rings is 2. The monoisotopic (exact) mass is 438 g/mol. The predicted octanol–water partition coefficient (Wildman–Crippen LogP) is 3.66. The molecular weight excluding hydrogens is 416 g/mol. The first-order chi connectivity index (χ1) is 15.3. The van der Waals surface area contributed by atoms with E-state index in [-0.39, 0.29) is 29.8 Å². The molecule has 0 bridgehead atoms. The van der Waals surface area contributed by atoms with Crippen molar-refractivity contribution in [1.29, 1.82) is 0 Å². The Hall–Kier alpha value is -4.01. The van der Waals surface area contributed by atoms with Crippen LogP contribution in [-0.4, -0.2) is 44.2 Å². The number of carbonyl (C=O) groups is 3. The van der Waals surface area contributed by atoms with Crippen molar-refractivity contribution in [3.63, 3.8) is 0 Å². The number of unbranched alkanes of at least 4 members (excludes halogenated alkanes) is 2. The van der Waals surface area contributed by atoms with Crippen LogP contribution in [0.15, 0.2) is 60.2 Å². The molecule has 1 aliphatic heterocycles. The van der Waals surface area contributed by atoms with Gasteiger partial charge in [0.25, 0.3) is 17.4 Å². The quantitative estimate of drug-likeness (QED) is 0.152. The summed E-state index contributed by atoms with van der Waals surface area (Å²) >= 11 is 0. The zero-order valence-electron chi connectivity index (χ0n) is 17.1. The van der Waals surface area contributed by atoms with Crippen LogP contribution in [-0.2, 0) is 14.4 Å². The molecule has 2 aromatic carbocycles. The fraction of sp³-hybridized carbons (Fsp3) is 0.261. The standard InChI is InChI=1S/C23H22N2O7/c26-18(27)13-5-2-8-14-24-20(16-11-6-7-12-17(16)25(31)32)19(22(29)23(24)30)21(28)15-9-3-1-4-10-15/h1,3-4,6-7,9-12,20,28H,2,5,8,13-14H2,(H,26,27)/b21-19+/t20-/m0/s1. The van der Waals surface area contributed by atoms with Crippen LogP contribution < -0.4 is 0 Å². The van der Waals surface area contributed by atoms with Crippen molar-refractivity contribution in [1.82, 2.24) is 4.90 Å². The number of hydrogen-bond acceptors (Lipinski definition) is 6. The lowest BCUT2D eigenvalue weighted by Gasteiger charge is -2.25. The highest BCUT2D eigenvalue weighted by Crippen LogP contribution is 2.42. The predicted molar refractivity (Wildman–Crippen MR) is 115 cm³/mol. The molecule has 1 heterocycles. The van der Waals surface area contributed by atoms with Gasteiger partial charge in [0.05, 0.1) is 22.1 Å². The number of nitrogens with zero attached hydrogens (tertiary/aromatic N) is 2. The van der Waals surface area contributed by atoms with E-state index in [4.69, 9.17) is 5.11 Å². The van der Waals surface area contributed by atoms with Crippen molar-refractivity contribution in [2.24, 2.45) is 0 Å². The first-order valence-electron chi connectivity index (χ1n) is 10.1. The van der Waals surface area contributed by atoms with Gasteiger partial charge < -0.3 is 15.1 Å². The molecule has 0 aliphatic carbocycles. The van der Waals surface area contributed by atoms with E-state index in [1.807, 2.05) is 0 Å². The Kier molecular flexibility index (Phi) is 6.99. The van der Waals surface area contributed by atoms with Gasteiger partial charge in [-0.1, -0.05) is 48.9 Å². The highest BCUT2D eigenvalue weighted by atomic mass is 16.6. The number of aliphatic hydroxyl groups is 1. The lowest BCUT2D eigenvalue weighted by molar-refractivity contribution is -0.385. The number of Topliss-reactive ketones (excluding diaryl/α,β-unsaturated/α-hetero) is 1. The summed E-state index contributed by atoms with van der Waals surface area (Å²) in [6.45, 7) is 0.0898. The number of carboxylic acids is 1. The van der Waals surface area contributed by atoms with E-state index in [2.05, 4.69) is 0 Å². The molecule has 1 fully saturated rings. The molecule has 2 aromatic rings. The van der Waals surface area contributed by atoms with Crippen molar-refractivity contribution in [2.75, 3.05) is 6.54 Å². The Bertz CT molecular complexity index is 1080. The second kappa shape index (κ2) is 9.86. The zero-order valence-corrected chi connectivity index (χ0v) is 17.1. The first kappa shape index (κ1) is 22.7. The van der Waals surface area contributed by atoms with E-state index < -0.39 is 34.4 Å². The average Bonchev–Trinajstić information content (AvgIpc) is 3.03. The third-order valence-corrected chi connectivity index (χ3v) is 5.30. The summed E-state index contributed by atoms with van der Waals surface area (Å²) in [7, 11) is 0. The second-order valence-corrected chi connectivity index (χ2v) is 7.38. The third-order valence-electron chi connectivity index (χ3n) is 5.30. The molecule has 9 heteroatoms. The van der Waals surface area contributed by atoms with Crippen molar-refractivity contribution >= 4 is 29.1 Å². The van der Waals surface area contributed by atoms with Gasteiger partial charge in [-0.25, -0.2) is 0 Å². The normalized spacial score (nSPS) is 17.5. The van der Waals surface area contributed by atoms with Gasteiger partial charge in [0.1, 0.15) is 5.76 Å². The number of hydrogen-bond donors (Lipinski definition) is 2. The van der Waals surface area contributed by atoms with Crippen LogP contribution in [0.4, 0.5) is 5.69 Å². The summed E-state index contributed by atoms with van der Waals surface area (Å²) in [5.74, 6) is -3.10. The smallest absolute Gasteiger partial charge is 0.303 e. The molecule has 9 nitrogen and oxygen atoms in total. The molecule has 3 rings (SSSR count). The van der Waals surface area contributed by atoms with Crippen molar-refractivity contribution in [3.8, 4) is 0 Å². The van der Waals surface area contributed by atoms with E-state index >= 15 is 0 Å². The van der Waals surface area contributed by atoms with Crippen LogP contribution in [0.25, 0.3) is 5.76 Å². The lowest BCUT2D eigenvalue weighted by atomic mass is 9.94. The molecule has 0 saturated carbocycles. The van der Waals surface area contributed by atoms with Gasteiger partial charge in [-0.3, -0.25) is 24.5 Å². The molecule has 0 radical (unpaired) electrons. The Balaban J connectivity index is 2.05. The molecular formula is C23H22N2O7. The lowest BCUT2D eigenvalue weighted by Crippen LogP contribution is -2.31. The molecule has 1 aliphatic rings. The largest absolute Gasteiger partial charge is 0.507 e. The molecule has 32 heavy (non-hydrogen) atoms. The maximum atomic E-state index is 12.9. The summed E-state index contributed by atoms with van der Waals surface area (Å²) in [6, 6.07) is 12.9. The molecule has 0 unspecified atom stereocenters. The number of rotatable bonds is 9. The number of carbonyl (C=O) groups excluding carboxylic acids is 2. The van der Waals surface area contributed by atoms with Crippen molar-refractivity contribution in [2.45, 2.75) is 31.7 Å². The zero-order chi connectivity index (χ0) is 23.3. The number of ketones is 1. The van der Waals surface area contributed by atoms with Crippen LogP contribution in [0, 0.1) is 10.1 Å². The topological polar surface area (TPSA) is 138 Å². The summed E-state index contributed by atoms with van der Waals surface area (Å²) in [6.07, 6.45) is 1.29. The number of carboxylic acid groups (broad SMARTS) is 1. The van der Waals surface area contributed by atoms with E-state index in [1.54, 1.807) is 36.4 Å². The van der Waals surface area contributed by atoms with E-state index in [0.29, 0.717) is 24.8 Å². The first-order valence-corrected chi connectivity index (χ1v) is 10.1. The fourth-order valence-corrected chi connectivity index (χ4v) is 3.81. The number of para-hydroxylation sites is 1. The minimum Gasteiger partial charge on any atom is -0.507 e. The molecule has 0 aromatic heterocycles. The Morgan fingerprint density at radius 2 is 1.62 bits per heavy atom. The number of aliphatic hydroxyl groups excluding tert-OH is 1. The van der Waals surface area contributed by atoms with Crippen molar-refractivity contribution < 1.29 is 29.5 Å². The molecule has 1 atom stereocenters. The molecule has 2 N–H and O–H groups in total. The highest BCUT2D eigenvalue weighted by molar-refractivity contribution is 6.46. The van der Waals surface area contributed by atoms with Crippen LogP contribution in [0.1, 0.15) is 42.9 Å². The van der Waals surface area contributed by atoms with Gasteiger partial charge in [0.2, 0.25) is 0 Å². The number of nitro benzene ring substituents is 1. The van der Waals surface area contributed by atoms with E-state index in [0.717, 1.165) is 0 Å². The molecule has 1 amide bonds. The van der Waals surface area contributed by atoms with Crippen molar-refractivity contribution in [3.05, 3.63) is 81.4 Å². The van der Waals surface area contributed by atoms with E-state index in [1.165, 1.54) is 23.1 Å². The number of nitro groups is 1. The number of amides is 1. The minimum absolute atomic E-state index is 0.0135.